The maximum atomic E-state index is 12.5. The number of Topliss-reactive ketones (excluding diaryl/α,β-unsaturated/α-hetero) is 2. The first-order valence-corrected chi connectivity index (χ1v) is 9.32. The Morgan fingerprint density at radius 2 is 1.33 bits per heavy atom. The van der Waals surface area contributed by atoms with Gasteiger partial charge >= 0.3 is 0 Å². The zero-order valence-electron chi connectivity index (χ0n) is 15.4. The number of hydrogen-bond donors (Lipinski definition) is 0. The monoisotopic (exact) mass is 402 g/mol. The summed E-state index contributed by atoms with van der Waals surface area (Å²) in [5.74, 6) is 0.183. The molecule has 0 fully saturated rings. The third-order valence-corrected chi connectivity index (χ3v) is 4.31. The second-order valence-corrected chi connectivity index (χ2v) is 6.48. The van der Waals surface area contributed by atoms with Crippen LogP contribution in [-0.2, 0) is 0 Å². The Bertz CT molecular complexity index is 960. The molecule has 3 aromatic rings. The molecule has 3 rings (SSSR count). The van der Waals surface area contributed by atoms with E-state index < -0.39 is 0 Å². The smallest absolute Gasteiger partial charge is 0.170 e. The highest BCUT2D eigenvalue weighted by molar-refractivity contribution is 6.35. The number of ether oxygens (including phenoxy) is 1. The zero-order valence-corrected chi connectivity index (χ0v) is 16.9. The van der Waals surface area contributed by atoms with E-state index in [0.717, 1.165) is 16.5 Å². The molecule has 0 radical (unpaired) electrons. The van der Waals surface area contributed by atoms with Gasteiger partial charge in [0.15, 0.2) is 11.6 Å². The lowest BCUT2D eigenvalue weighted by Crippen LogP contribution is -2.08. The number of carbonyl (C=O) groups excluding carboxylic acids is 2. The van der Waals surface area contributed by atoms with Crippen LogP contribution in [0.15, 0.2) is 54.6 Å². The maximum absolute atomic E-state index is 12.5. The summed E-state index contributed by atoms with van der Waals surface area (Å²) in [6, 6.07) is 15.5. The van der Waals surface area contributed by atoms with E-state index in [0.29, 0.717) is 21.2 Å². The molecule has 3 nitrogen and oxygen atoms in total. The normalized spacial score (nSPS) is 10.1. The fourth-order valence-corrected chi connectivity index (χ4v) is 3.12. The summed E-state index contributed by atoms with van der Waals surface area (Å²) in [5, 5.41) is 2.60. The van der Waals surface area contributed by atoms with Gasteiger partial charge in [0, 0.05) is 21.2 Å². The molecule has 0 atom stereocenters. The van der Waals surface area contributed by atoms with Gasteiger partial charge in [-0.15, -0.1) is 0 Å². The highest BCUT2D eigenvalue weighted by Gasteiger charge is 2.15. The van der Waals surface area contributed by atoms with Gasteiger partial charge in [-0.25, -0.2) is 0 Å². The summed E-state index contributed by atoms with van der Waals surface area (Å²) < 4.78 is 5.19. The molecule has 140 valence electrons. The Labute approximate surface area is 168 Å². The van der Waals surface area contributed by atoms with Crippen molar-refractivity contribution in [2.75, 3.05) is 7.11 Å². The van der Waals surface area contributed by atoms with E-state index in [-0.39, 0.29) is 18.0 Å². The van der Waals surface area contributed by atoms with E-state index >= 15 is 0 Å². The van der Waals surface area contributed by atoms with Crippen molar-refractivity contribution in [2.45, 2.75) is 20.3 Å². The first-order chi connectivity index (χ1) is 13.0. The largest absolute Gasteiger partial charge is 0.497 e. The van der Waals surface area contributed by atoms with Crippen LogP contribution < -0.4 is 4.74 Å². The first-order valence-electron chi connectivity index (χ1n) is 8.56. The van der Waals surface area contributed by atoms with Gasteiger partial charge in [-0.3, -0.25) is 9.59 Å². The molecule has 27 heavy (non-hydrogen) atoms. The molecular weight excluding hydrogens is 383 g/mol. The molecule has 0 aliphatic rings. The van der Waals surface area contributed by atoms with Crippen molar-refractivity contribution < 1.29 is 14.3 Å². The Kier molecular flexibility index (Phi) is 7.40. The number of carbonyl (C=O) groups is 2. The van der Waals surface area contributed by atoms with E-state index in [1.54, 1.807) is 25.3 Å². The Morgan fingerprint density at radius 3 is 1.96 bits per heavy atom. The molecule has 3 aromatic carbocycles. The fourth-order valence-electron chi connectivity index (χ4n) is 2.59. The number of halogens is 2. The van der Waals surface area contributed by atoms with Gasteiger partial charge in [0.25, 0.3) is 0 Å². The van der Waals surface area contributed by atoms with Crippen LogP contribution in [0.3, 0.4) is 0 Å². The van der Waals surface area contributed by atoms with Crippen LogP contribution in [0.1, 0.15) is 41.0 Å². The average molecular weight is 403 g/mol. The third kappa shape index (κ3) is 5.31. The number of methoxy groups -OCH3 is 1. The van der Waals surface area contributed by atoms with Crippen molar-refractivity contribution in [2.24, 2.45) is 0 Å². The first kappa shape index (κ1) is 20.9. The predicted octanol–water partition coefficient (Wildman–Crippen LogP) is 6.64. The third-order valence-electron chi connectivity index (χ3n) is 3.88. The molecule has 0 spiro atoms. The highest BCUT2D eigenvalue weighted by atomic mass is 35.5. The molecule has 0 heterocycles. The Balaban J connectivity index is 0.00000126. The molecule has 0 unspecified atom stereocenters. The van der Waals surface area contributed by atoms with E-state index in [2.05, 4.69) is 0 Å². The molecule has 5 heteroatoms. The summed E-state index contributed by atoms with van der Waals surface area (Å²) in [5.41, 5.74) is 0.815. The van der Waals surface area contributed by atoms with E-state index in [4.69, 9.17) is 27.9 Å². The van der Waals surface area contributed by atoms with Crippen molar-refractivity contribution in [1.29, 1.82) is 0 Å². The second kappa shape index (κ2) is 9.54. The summed E-state index contributed by atoms with van der Waals surface area (Å²) in [4.78, 5) is 24.8. The van der Waals surface area contributed by atoms with Gasteiger partial charge < -0.3 is 4.74 Å². The van der Waals surface area contributed by atoms with Crippen LogP contribution in [0.4, 0.5) is 0 Å². The topological polar surface area (TPSA) is 43.4 Å². The van der Waals surface area contributed by atoms with Crippen LogP contribution in [-0.4, -0.2) is 18.7 Å². The zero-order chi connectivity index (χ0) is 20.0. The number of ketones is 2. The molecule has 0 aromatic heterocycles. The Hall–Kier alpha value is -2.36. The minimum atomic E-state index is -0.316. The Morgan fingerprint density at radius 1 is 0.778 bits per heavy atom. The molecule has 0 saturated heterocycles. The van der Waals surface area contributed by atoms with Gasteiger partial charge in [0.2, 0.25) is 0 Å². The predicted molar refractivity (Wildman–Crippen MR) is 112 cm³/mol. The van der Waals surface area contributed by atoms with Crippen molar-refractivity contribution in [3.63, 3.8) is 0 Å². The van der Waals surface area contributed by atoms with Gasteiger partial charge in [0.1, 0.15) is 5.75 Å². The summed E-state index contributed by atoms with van der Waals surface area (Å²) in [6.45, 7) is 4.00. The SMILES string of the molecule is CC.COc1ccc2cc(C(=O)CC(=O)c3cc(Cl)cc(Cl)c3)ccc2c1. The van der Waals surface area contributed by atoms with Crippen molar-refractivity contribution in [1.82, 2.24) is 0 Å². The van der Waals surface area contributed by atoms with Crippen LogP contribution in [0.2, 0.25) is 10.0 Å². The van der Waals surface area contributed by atoms with Gasteiger partial charge in [-0.05, 0) is 47.2 Å². The lowest BCUT2D eigenvalue weighted by molar-refractivity contribution is 0.0894. The molecule has 0 bridgehead atoms. The number of hydrogen-bond acceptors (Lipinski definition) is 3. The van der Waals surface area contributed by atoms with Crippen LogP contribution in [0, 0.1) is 0 Å². The lowest BCUT2D eigenvalue weighted by Gasteiger charge is -2.06. The maximum Gasteiger partial charge on any atom is 0.170 e. The summed E-state index contributed by atoms with van der Waals surface area (Å²) >= 11 is 11.8. The van der Waals surface area contributed by atoms with Crippen molar-refractivity contribution in [3.05, 3.63) is 75.8 Å². The number of fused-ring (bicyclic) bond motifs is 1. The standard InChI is InChI=1S/C20H14Cl2O3.C2H6/c1-25-18-5-4-12-6-14(3-2-13(12)9-18)19(23)11-20(24)15-7-16(21)10-17(22)8-15;1-2/h2-10H,11H2,1H3;1-2H3. The van der Waals surface area contributed by atoms with Gasteiger partial charge in [0.05, 0.1) is 13.5 Å². The molecule has 0 N–H and O–H groups in total. The van der Waals surface area contributed by atoms with Crippen LogP contribution in [0.5, 0.6) is 5.75 Å². The summed E-state index contributed by atoms with van der Waals surface area (Å²) in [7, 11) is 1.60. The molecular formula is C22H20Cl2O3. The number of benzene rings is 3. The van der Waals surface area contributed by atoms with Crippen LogP contribution >= 0.6 is 23.2 Å². The molecule has 0 aliphatic carbocycles. The lowest BCUT2D eigenvalue weighted by atomic mass is 9.99. The van der Waals surface area contributed by atoms with E-state index in [9.17, 15) is 9.59 Å². The van der Waals surface area contributed by atoms with Crippen molar-refractivity contribution in [3.8, 4) is 5.75 Å². The van der Waals surface area contributed by atoms with Crippen LogP contribution in [0.25, 0.3) is 10.8 Å². The minimum Gasteiger partial charge on any atom is -0.497 e. The summed E-state index contributed by atoms with van der Waals surface area (Å²) in [6.07, 6.45) is -0.238. The number of rotatable bonds is 5. The van der Waals surface area contributed by atoms with Gasteiger partial charge in [-0.1, -0.05) is 55.2 Å². The van der Waals surface area contributed by atoms with Crippen molar-refractivity contribution >= 4 is 45.5 Å². The van der Waals surface area contributed by atoms with E-state index in [1.165, 1.54) is 12.1 Å². The second-order valence-electron chi connectivity index (χ2n) is 5.61. The molecule has 0 saturated carbocycles. The quantitative estimate of drug-likeness (QED) is 0.354. The average Bonchev–Trinajstić information content (AvgIpc) is 2.67. The van der Waals surface area contributed by atoms with E-state index in [1.807, 2.05) is 38.1 Å². The molecule has 0 aliphatic heterocycles. The van der Waals surface area contributed by atoms with Gasteiger partial charge in [-0.2, -0.15) is 0 Å². The molecule has 0 amide bonds. The highest BCUT2D eigenvalue weighted by Crippen LogP contribution is 2.24. The fraction of sp³-hybridized carbons (Fsp3) is 0.182. The minimum absolute atomic E-state index is 0.238.